The molecule has 1 heterocycles. The number of aromatic nitrogens is 1. The summed E-state index contributed by atoms with van der Waals surface area (Å²) in [5.41, 5.74) is 7.88. The quantitative estimate of drug-likeness (QED) is 0.689. The van der Waals surface area contributed by atoms with Gasteiger partial charge in [-0.15, -0.1) is 0 Å². The summed E-state index contributed by atoms with van der Waals surface area (Å²) in [5, 5.41) is 9.87. The molecule has 0 saturated carbocycles. The molecule has 3 N–H and O–H groups in total. The highest BCUT2D eigenvalue weighted by Gasteiger charge is 2.12. The summed E-state index contributed by atoms with van der Waals surface area (Å²) in [5.74, 6) is 1.08. The van der Waals surface area contributed by atoms with Gasteiger partial charge in [0.1, 0.15) is 17.0 Å². The van der Waals surface area contributed by atoms with Crippen molar-refractivity contribution in [3.63, 3.8) is 0 Å². The first-order chi connectivity index (χ1) is 9.17. The Hall–Kier alpha value is -2.69. The second-order valence-electron chi connectivity index (χ2n) is 4.13. The van der Waals surface area contributed by atoms with E-state index in [0.717, 1.165) is 0 Å². The van der Waals surface area contributed by atoms with Crippen LogP contribution in [0.3, 0.4) is 0 Å². The molecule has 0 amide bonds. The van der Waals surface area contributed by atoms with Crippen LogP contribution in [0.2, 0.25) is 0 Å². The maximum atomic E-state index is 9.87. The highest BCUT2D eigenvalue weighted by molar-refractivity contribution is 5.79. The van der Waals surface area contributed by atoms with Crippen LogP contribution in [-0.4, -0.2) is 17.2 Å². The molecule has 2 aromatic carbocycles. The molecule has 3 rings (SSSR count). The highest BCUT2D eigenvalue weighted by atomic mass is 16.5. The molecular weight excluding hydrogens is 244 g/mol. The second-order valence-corrected chi connectivity index (χ2v) is 4.13. The van der Waals surface area contributed by atoms with Crippen LogP contribution in [0.15, 0.2) is 40.8 Å². The number of fused-ring (bicyclic) bond motifs is 1. The third-order valence-corrected chi connectivity index (χ3v) is 2.85. The van der Waals surface area contributed by atoms with Crippen LogP contribution in [0.25, 0.3) is 22.6 Å². The number of nitrogens with two attached hydrogens (primary N) is 1. The van der Waals surface area contributed by atoms with E-state index in [2.05, 4.69) is 4.98 Å². The lowest BCUT2D eigenvalue weighted by atomic mass is 10.2. The summed E-state index contributed by atoms with van der Waals surface area (Å²) in [4.78, 5) is 4.33. The number of phenols is 1. The van der Waals surface area contributed by atoms with E-state index in [9.17, 15) is 5.11 Å². The molecule has 0 bridgehead atoms. The Kier molecular flexibility index (Phi) is 2.52. The first kappa shape index (κ1) is 11.4. The number of benzene rings is 2. The summed E-state index contributed by atoms with van der Waals surface area (Å²) in [6.45, 7) is 0. The number of anilines is 1. The van der Waals surface area contributed by atoms with Gasteiger partial charge in [-0.2, -0.15) is 0 Å². The van der Waals surface area contributed by atoms with Gasteiger partial charge in [0.2, 0.25) is 5.89 Å². The maximum Gasteiger partial charge on any atom is 0.231 e. The molecule has 19 heavy (non-hydrogen) atoms. The van der Waals surface area contributed by atoms with E-state index < -0.39 is 0 Å². The molecule has 3 aromatic rings. The fraction of sp³-hybridized carbons (Fsp3) is 0.0714. The number of aromatic hydroxyl groups is 1. The summed E-state index contributed by atoms with van der Waals surface area (Å²) in [7, 11) is 1.59. The lowest BCUT2D eigenvalue weighted by Gasteiger charge is -2.00. The van der Waals surface area contributed by atoms with Crippen molar-refractivity contribution in [2.24, 2.45) is 0 Å². The zero-order valence-electron chi connectivity index (χ0n) is 10.3. The zero-order valence-corrected chi connectivity index (χ0v) is 10.3. The van der Waals surface area contributed by atoms with Gasteiger partial charge in [0, 0.05) is 17.8 Å². The Morgan fingerprint density at radius 3 is 2.79 bits per heavy atom. The number of methoxy groups -OCH3 is 1. The normalized spacial score (nSPS) is 10.8. The van der Waals surface area contributed by atoms with E-state index in [0.29, 0.717) is 34.0 Å². The van der Waals surface area contributed by atoms with Crippen LogP contribution in [0.5, 0.6) is 11.5 Å². The number of rotatable bonds is 2. The smallest absolute Gasteiger partial charge is 0.231 e. The lowest BCUT2D eigenvalue weighted by Crippen LogP contribution is -1.85. The SMILES string of the molecule is COc1ccc2nc(-c3ccc(N)cc3O)oc2c1. The minimum atomic E-state index is 0.0403. The Labute approximate surface area is 109 Å². The van der Waals surface area contributed by atoms with Gasteiger partial charge in [0.15, 0.2) is 5.58 Å². The molecule has 5 nitrogen and oxygen atoms in total. The van der Waals surface area contributed by atoms with E-state index in [4.69, 9.17) is 14.9 Å². The van der Waals surface area contributed by atoms with Crippen LogP contribution in [-0.2, 0) is 0 Å². The monoisotopic (exact) mass is 256 g/mol. The van der Waals surface area contributed by atoms with Crippen LogP contribution in [0.4, 0.5) is 5.69 Å². The average molecular weight is 256 g/mol. The third kappa shape index (κ3) is 1.95. The number of hydrogen-bond donors (Lipinski definition) is 2. The molecule has 0 aliphatic rings. The molecule has 1 aromatic heterocycles. The first-order valence-corrected chi connectivity index (χ1v) is 5.71. The van der Waals surface area contributed by atoms with Crippen molar-refractivity contribution in [3.05, 3.63) is 36.4 Å². The minimum absolute atomic E-state index is 0.0403. The van der Waals surface area contributed by atoms with Crippen molar-refractivity contribution in [1.29, 1.82) is 0 Å². The zero-order chi connectivity index (χ0) is 13.4. The minimum Gasteiger partial charge on any atom is -0.507 e. The molecule has 0 saturated heterocycles. The van der Waals surface area contributed by atoms with Crippen molar-refractivity contribution in [3.8, 4) is 23.0 Å². The fourth-order valence-corrected chi connectivity index (χ4v) is 1.88. The molecule has 0 atom stereocenters. The topological polar surface area (TPSA) is 81.5 Å². The first-order valence-electron chi connectivity index (χ1n) is 5.71. The standard InChI is InChI=1S/C14H12N2O3/c1-18-9-3-5-11-13(7-9)19-14(16-11)10-4-2-8(15)6-12(10)17/h2-7,17H,15H2,1H3. The van der Waals surface area contributed by atoms with Gasteiger partial charge in [-0.05, 0) is 24.3 Å². The largest absolute Gasteiger partial charge is 0.507 e. The average Bonchev–Trinajstić information content (AvgIpc) is 2.80. The van der Waals surface area contributed by atoms with Crippen molar-refractivity contribution in [2.45, 2.75) is 0 Å². The molecular formula is C14H12N2O3. The van der Waals surface area contributed by atoms with E-state index in [1.54, 1.807) is 37.4 Å². The van der Waals surface area contributed by atoms with Crippen molar-refractivity contribution < 1.29 is 14.3 Å². The number of phenolic OH excluding ortho intramolecular Hbond substituents is 1. The van der Waals surface area contributed by atoms with E-state index in [1.165, 1.54) is 6.07 Å². The molecule has 0 aliphatic heterocycles. The Bertz CT molecular complexity index is 750. The third-order valence-electron chi connectivity index (χ3n) is 2.85. The van der Waals surface area contributed by atoms with E-state index in [-0.39, 0.29) is 5.75 Å². The molecule has 0 unspecified atom stereocenters. The van der Waals surface area contributed by atoms with Crippen molar-refractivity contribution >= 4 is 16.8 Å². The van der Waals surface area contributed by atoms with Gasteiger partial charge in [0.25, 0.3) is 0 Å². The van der Waals surface area contributed by atoms with E-state index in [1.807, 2.05) is 0 Å². The maximum absolute atomic E-state index is 9.87. The number of oxazole rings is 1. The molecule has 5 heteroatoms. The van der Waals surface area contributed by atoms with Gasteiger partial charge < -0.3 is 20.0 Å². The molecule has 0 aliphatic carbocycles. The van der Waals surface area contributed by atoms with Gasteiger partial charge >= 0.3 is 0 Å². The predicted octanol–water partition coefficient (Wildman–Crippen LogP) is 2.79. The molecule has 0 fully saturated rings. The predicted molar refractivity (Wildman–Crippen MR) is 72.1 cm³/mol. The number of nitrogens with zero attached hydrogens (tertiary/aromatic N) is 1. The summed E-state index contributed by atoms with van der Waals surface area (Å²) in [6, 6.07) is 10.2. The van der Waals surface area contributed by atoms with Crippen LogP contribution in [0, 0.1) is 0 Å². The Morgan fingerprint density at radius 1 is 1.21 bits per heavy atom. The fourth-order valence-electron chi connectivity index (χ4n) is 1.88. The van der Waals surface area contributed by atoms with Gasteiger partial charge in [-0.25, -0.2) is 4.98 Å². The lowest BCUT2D eigenvalue weighted by molar-refractivity contribution is 0.414. The number of nitrogen functional groups attached to an aromatic ring is 1. The highest BCUT2D eigenvalue weighted by Crippen LogP contribution is 2.33. The van der Waals surface area contributed by atoms with Crippen molar-refractivity contribution in [1.82, 2.24) is 4.98 Å². The number of hydrogen-bond acceptors (Lipinski definition) is 5. The van der Waals surface area contributed by atoms with Gasteiger partial charge in [-0.3, -0.25) is 0 Å². The van der Waals surface area contributed by atoms with Gasteiger partial charge in [-0.1, -0.05) is 0 Å². The summed E-state index contributed by atoms with van der Waals surface area (Å²) >= 11 is 0. The van der Waals surface area contributed by atoms with Crippen molar-refractivity contribution in [2.75, 3.05) is 12.8 Å². The second kappa shape index (κ2) is 4.20. The van der Waals surface area contributed by atoms with Gasteiger partial charge in [0.05, 0.1) is 12.7 Å². The summed E-state index contributed by atoms with van der Waals surface area (Å²) in [6.07, 6.45) is 0. The van der Waals surface area contributed by atoms with E-state index >= 15 is 0 Å². The molecule has 0 radical (unpaired) electrons. The molecule has 0 spiro atoms. The number of ether oxygens (including phenoxy) is 1. The van der Waals surface area contributed by atoms with Crippen LogP contribution >= 0.6 is 0 Å². The van der Waals surface area contributed by atoms with Crippen LogP contribution < -0.4 is 10.5 Å². The Morgan fingerprint density at radius 2 is 2.05 bits per heavy atom. The van der Waals surface area contributed by atoms with Crippen LogP contribution in [0.1, 0.15) is 0 Å². The molecule has 96 valence electrons. The summed E-state index contributed by atoms with van der Waals surface area (Å²) < 4.78 is 10.7. The Balaban J connectivity index is 2.14.